The van der Waals surface area contributed by atoms with Gasteiger partial charge in [-0.3, -0.25) is 19.5 Å². The Morgan fingerprint density at radius 3 is 2.63 bits per heavy atom. The highest BCUT2D eigenvalue weighted by Crippen LogP contribution is 2.43. The molecule has 1 N–H and O–H groups in total. The highest BCUT2D eigenvalue weighted by molar-refractivity contribution is 6.31. The molecule has 0 saturated carbocycles. The van der Waals surface area contributed by atoms with E-state index in [4.69, 9.17) is 20.8 Å². The van der Waals surface area contributed by atoms with Crippen LogP contribution < -0.4 is 9.64 Å². The van der Waals surface area contributed by atoms with Crippen LogP contribution in [-0.4, -0.2) is 28.9 Å². The van der Waals surface area contributed by atoms with Crippen molar-refractivity contribution < 1.29 is 23.8 Å². The molecule has 176 valence electrons. The Morgan fingerprint density at radius 1 is 1.14 bits per heavy atom. The summed E-state index contributed by atoms with van der Waals surface area (Å²) in [6.07, 6.45) is 3.17. The second-order valence-corrected chi connectivity index (χ2v) is 8.80. The van der Waals surface area contributed by atoms with Gasteiger partial charge in [-0.15, -0.1) is 0 Å². The lowest BCUT2D eigenvalue weighted by Gasteiger charge is -2.27. The number of aryl methyl sites for hydroxylation is 2. The first-order valence-electron chi connectivity index (χ1n) is 10.9. The van der Waals surface area contributed by atoms with E-state index in [9.17, 15) is 14.7 Å². The van der Waals surface area contributed by atoms with Crippen LogP contribution in [0.1, 0.15) is 33.3 Å². The van der Waals surface area contributed by atoms with Gasteiger partial charge in [0.05, 0.1) is 18.7 Å². The van der Waals surface area contributed by atoms with Crippen molar-refractivity contribution in [2.45, 2.75) is 19.9 Å². The number of pyridine rings is 1. The summed E-state index contributed by atoms with van der Waals surface area (Å²) in [7, 11) is 1.47. The van der Waals surface area contributed by atoms with Crippen molar-refractivity contribution >= 4 is 39.9 Å². The molecule has 1 amide bonds. The maximum atomic E-state index is 13.8. The molecule has 4 aromatic rings. The number of fused-ring (bicyclic) bond motifs is 1. The largest absolute Gasteiger partial charge is 0.503 e. The lowest BCUT2D eigenvalue weighted by molar-refractivity contribution is -0.117. The average Bonchev–Trinajstić information content (AvgIpc) is 3.39. The van der Waals surface area contributed by atoms with Crippen LogP contribution in [0.5, 0.6) is 5.75 Å². The van der Waals surface area contributed by atoms with E-state index in [2.05, 4.69) is 4.98 Å². The number of hydrogen-bond donors (Lipinski definition) is 1. The number of rotatable bonds is 5. The highest BCUT2D eigenvalue weighted by Gasteiger charge is 2.45. The zero-order chi connectivity index (χ0) is 24.9. The number of amides is 1. The van der Waals surface area contributed by atoms with Gasteiger partial charge in [-0.25, -0.2) is 0 Å². The number of methoxy groups -OCH3 is 1. The molecule has 0 fully saturated rings. The Morgan fingerprint density at radius 2 is 1.94 bits per heavy atom. The minimum absolute atomic E-state index is 0.0502. The summed E-state index contributed by atoms with van der Waals surface area (Å²) in [5.41, 5.74) is 3.41. The van der Waals surface area contributed by atoms with E-state index in [1.54, 1.807) is 42.7 Å². The van der Waals surface area contributed by atoms with E-state index >= 15 is 0 Å². The molecule has 1 aliphatic rings. The predicted octanol–water partition coefficient (Wildman–Crippen LogP) is 5.89. The molecule has 5 rings (SSSR count). The summed E-state index contributed by atoms with van der Waals surface area (Å²) in [5.74, 6) is -1.61. The Balaban J connectivity index is 1.66. The summed E-state index contributed by atoms with van der Waals surface area (Å²) in [5, 5.41) is 11.9. The van der Waals surface area contributed by atoms with Crippen molar-refractivity contribution in [1.29, 1.82) is 0 Å². The van der Waals surface area contributed by atoms with Crippen LogP contribution in [0.4, 0.5) is 5.69 Å². The van der Waals surface area contributed by atoms with Crippen molar-refractivity contribution in [2.75, 3.05) is 12.0 Å². The van der Waals surface area contributed by atoms with Crippen molar-refractivity contribution in [2.24, 2.45) is 0 Å². The zero-order valence-electron chi connectivity index (χ0n) is 19.2. The van der Waals surface area contributed by atoms with Crippen LogP contribution in [0.15, 0.2) is 76.7 Å². The third kappa shape index (κ3) is 3.74. The lowest BCUT2D eigenvalue weighted by Crippen LogP contribution is -2.31. The van der Waals surface area contributed by atoms with Crippen LogP contribution in [0.3, 0.4) is 0 Å². The number of aliphatic hydroxyl groups is 1. The fourth-order valence-corrected chi connectivity index (χ4v) is 4.53. The summed E-state index contributed by atoms with van der Waals surface area (Å²) in [6.45, 7) is 3.90. The van der Waals surface area contributed by atoms with Crippen molar-refractivity contribution in [3.05, 3.63) is 99.7 Å². The van der Waals surface area contributed by atoms with Crippen molar-refractivity contribution in [3.8, 4) is 5.75 Å². The number of ketones is 1. The molecule has 7 nitrogen and oxygen atoms in total. The average molecular weight is 489 g/mol. The summed E-state index contributed by atoms with van der Waals surface area (Å²) >= 11 is 6.16. The summed E-state index contributed by atoms with van der Waals surface area (Å²) < 4.78 is 11.2. The molecule has 3 heterocycles. The lowest BCUT2D eigenvalue weighted by atomic mass is 9.95. The first-order chi connectivity index (χ1) is 16.8. The number of benzene rings is 2. The van der Waals surface area contributed by atoms with E-state index in [0.717, 1.165) is 11.1 Å². The van der Waals surface area contributed by atoms with Gasteiger partial charge in [0.25, 0.3) is 5.91 Å². The topological polar surface area (TPSA) is 92.9 Å². The van der Waals surface area contributed by atoms with Gasteiger partial charge in [0.2, 0.25) is 5.78 Å². The van der Waals surface area contributed by atoms with E-state index < -0.39 is 23.5 Å². The quantitative estimate of drug-likeness (QED) is 0.352. The fraction of sp³-hybridized carbons (Fsp3) is 0.148. The van der Waals surface area contributed by atoms with Gasteiger partial charge in [0.15, 0.2) is 22.9 Å². The zero-order valence-corrected chi connectivity index (χ0v) is 20.0. The number of ether oxygens (including phenoxy) is 1. The maximum absolute atomic E-state index is 13.8. The van der Waals surface area contributed by atoms with Gasteiger partial charge >= 0.3 is 0 Å². The maximum Gasteiger partial charge on any atom is 0.294 e. The first-order valence-corrected chi connectivity index (χ1v) is 11.2. The van der Waals surface area contributed by atoms with Gasteiger partial charge < -0.3 is 14.3 Å². The van der Waals surface area contributed by atoms with Crippen LogP contribution in [-0.2, 0) is 4.79 Å². The Bertz CT molecular complexity index is 1520. The van der Waals surface area contributed by atoms with Gasteiger partial charge in [0, 0.05) is 34.6 Å². The molecule has 0 spiro atoms. The predicted molar refractivity (Wildman–Crippen MR) is 132 cm³/mol. The summed E-state index contributed by atoms with van der Waals surface area (Å²) in [6, 6.07) is 12.9. The molecule has 8 heteroatoms. The Labute approximate surface area is 206 Å². The van der Waals surface area contributed by atoms with Gasteiger partial charge in [-0.2, -0.15) is 0 Å². The molecule has 2 aromatic heterocycles. The van der Waals surface area contributed by atoms with E-state index in [0.29, 0.717) is 33.0 Å². The molecule has 1 atom stereocenters. The first kappa shape index (κ1) is 22.7. The molecule has 0 radical (unpaired) electrons. The van der Waals surface area contributed by atoms with E-state index in [1.165, 1.54) is 18.1 Å². The molecule has 1 unspecified atom stereocenters. The van der Waals surface area contributed by atoms with Gasteiger partial charge in [-0.05, 0) is 60.9 Å². The van der Waals surface area contributed by atoms with Crippen molar-refractivity contribution in [1.82, 2.24) is 4.98 Å². The molecule has 35 heavy (non-hydrogen) atoms. The molecular weight excluding hydrogens is 468 g/mol. The number of Topliss-reactive ketones (excluding diaryl/α,β-unsaturated/α-hetero) is 1. The number of aromatic nitrogens is 1. The SMILES string of the molecule is COc1cc(Cl)cc2cc(C(=O)C3=C(O)C(=O)N(c4ccc(C)c(C)c4)C3c3cccnc3)oc12. The minimum Gasteiger partial charge on any atom is -0.503 e. The van der Waals surface area contributed by atoms with Crippen LogP contribution in [0.25, 0.3) is 11.0 Å². The third-order valence-electron chi connectivity index (χ3n) is 6.21. The molecule has 1 aliphatic heterocycles. The standard InChI is InChI=1S/C27H21ClN2O5/c1-14-6-7-19(9-15(14)2)30-23(16-5-4-8-29-13-16)22(25(32)27(30)33)24(31)20-11-17-10-18(28)12-21(34-3)26(17)35-20/h4-13,23,32H,1-3H3. The molecular formula is C27H21ClN2O5. The number of anilines is 1. The molecule has 0 bridgehead atoms. The number of aliphatic hydroxyl groups excluding tert-OH is 1. The van der Waals surface area contributed by atoms with Crippen LogP contribution in [0.2, 0.25) is 5.02 Å². The number of halogens is 1. The van der Waals surface area contributed by atoms with Crippen molar-refractivity contribution in [3.63, 3.8) is 0 Å². The van der Waals surface area contributed by atoms with Crippen LogP contribution >= 0.6 is 11.6 Å². The highest BCUT2D eigenvalue weighted by atomic mass is 35.5. The second-order valence-electron chi connectivity index (χ2n) is 8.36. The Hall–Kier alpha value is -4.10. The summed E-state index contributed by atoms with van der Waals surface area (Å²) in [4.78, 5) is 32.7. The smallest absolute Gasteiger partial charge is 0.294 e. The van der Waals surface area contributed by atoms with Gasteiger partial charge in [-0.1, -0.05) is 23.7 Å². The molecule has 0 saturated heterocycles. The number of hydrogen-bond acceptors (Lipinski definition) is 6. The molecule has 0 aliphatic carbocycles. The number of carbonyl (C=O) groups excluding carboxylic acids is 2. The minimum atomic E-state index is -0.899. The number of carbonyl (C=O) groups is 2. The fourth-order valence-electron chi connectivity index (χ4n) is 4.31. The number of furan rings is 1. The van der Waals surface area contributed by atoms with Crippen LogP contribution in [0, 0.1) is 13.8 Å². The second kappa shape index (κ2) is 8.60. The molecule has 2 aromatic carbocycles. The monoisotopic (exact) mass is 488 g/mol. The Kier molecular flexibility index (Phi) is 5.57. The van der Waals surface area contributed by atoms with E-state index in [1.807, 2.05) is 26.0 Å². The normalized spacial score (nSPS) is 15.8. The van der Waals surface area contributed by atoms with E-state index in [-0.39, 0.29) is 11.3 Å². The van der Waals surface area contributed by atoms with Gasteiger partial charge in [0.1, 0.15) is 0 Å². The number of nitrogens with zero attached hydrogens (tertiary/aromatic N) is 2. The third-order valence-corrected chi connectivity index (χ3v) is 6.43.